The Morgan fingerprint density at radius 2 is 2.33 bits per heavy atom. The molecule has 0 aliphatic rings. The number of rotatable bonds is 3. The minimum Gasteiger partial charge on any atom is -0.459 e. The summed E-state index contributed by atoms with van der Waals surface area (Å²) in [6, 6.07) is 6.99. The van der Waals surface area contributed by atoms with Crippen LogP contribution in [0, 0.1) is 0 Å². The summed E-state index contributed by atoms with van der Waals surface area (Å²) in [7, 11) is 0. The zero-order chi connectivity index (χ0) is 10.7. The molecule has 0 saturated carbocycles. The van der Waals surface area contributed by atoms with Gasteiger partial charge in [0, 0.05) is 4.88 Å². The Balaban J connectivity index is 1.91. The lowest BCUT2D eigenvalue weighted by atomic mass is 10.4. The van der Waals surface area contributed by atoms with Crippen molar-refractivity contribution in [2.24, 2.45) is 0 Å². The Hall–Kier alpha value is -1.26. The summed E-state index contributed by atoms with van der Waals surface area (Å²) in [5, 5.41) is 2.73. The highest BCUT2D eigenvalue weighted by Crippen LogP contribution is 2.21. The van der Waals surface area contributed by atoms with E-state index in [1.54, 1.807) is 18.2 Å². The van der Waals surface area contributed by atoms with Crippen molar-refractivity contribution in [2.45, 2.75) is 6.54 Å². The molecule has 0 spiro atoms. The van der Waals surface area contributed by atoms with Gasteiger partial charge in [0.15, 0.2) is 5.76 Å². The van der Waals surface area contributed by atoms with Gasteiger partial charge in [0.2, 0.25) is 0 Å². The zero-order valence-electron chi connectivity index (χ0n) is 7.70. The van der Waals surface area contributed by atoms with E-state index < -0.39 is 0 Å². The van der Waals surface area contributed by atoms with E-state index in [2.05, 4.69) is 5.32 Å². The third-order valence-electron chi connectivity index (χ3n) is 1.80. The molecule has 2 heterocycles. The van der Waals surface area contributed by atoms with Gasteiger partial charge in [-0.2, -0.15) is 0 Å². The highest BCUT2D eigenvalue weighted by atomic mass is 35.5. The van der Waals surface area contributed by atoms with Gasteiger partial charge in [0.05, 0.1) is 17.1 Å². The average molecular weight is 242 g/mol. The molecule has 0 radical (unpaired) electrons. The van der Waals surface area contributed by atoms with Gasteiger partial charge in [0.25, 0.3) is 5.91 Å². The summed E-state index contributed by atoms with van der Waals surface area (Å²) in [6.45, 7) is 0.469. The van der Waals surface area contributed by atoms with Crippen LogP contribution in [0.25, 0.3) is 0 Å². The van der Waals surface area contributed by atoms with Crippen LogP contribution < -0.4 is 5.32 Å². The summed E-state index contributed by atoms with van der Waals surface area (Å²) in [6.07, 6.45) is 1.47. The van der Waals surface area contributed by atoms with Gasteiger partial charge in [-0.05, 0) is 24.3 Å². The maximum Gasteiger partial charge on any atom is 0.287 e. The predicted octanol–water partition coefficient (Wildman–Crippen LogP) is 2.92. The second-order valence-electron chi connectivity index (χ2n) is 2.87. The molecule has 0 aliphatic heterocycles. The number of thiophene rings is 1. The lowest BCUT2D eigenvalue weighted by Crippen LogP contribution is -2.21. The van der Waals surface area contributed by atoms with E-state index in [9.17, 15) is 4.79 Å². The molecule has 2 aromatic rings. The van der Waals surface area contributed by atoms with Crippen LogP contribution in [0.4, 0.5) is 0 Å². The average Bonchev–Trinajstić information content (AvgIpc) is 2.84. The van der Waals surface area contributed by atoms with Crippen LogP contribution in [-0.2, 0) is 6.54 Å². The van der Waals surface area contributed by atoms with Gasteiger partial charge < -0.3 is 9.73 Å². The summed E-state index contributed by atoms with van der Waals surface area (Å²) in [4.78, 5) is 12.5. The van der Waals surface area contributed by atoms with Gasteiger partial charge in [-0.1, -0.05) is 11.6 Å². The molecule has 0 unspecified atom stereocenters. The number of nitrogens with one attached hydrogen (secondary N) is 1. The van der Waals surface area contributed by atoms with Gasteiger partial charge in [-0.3, -0.25) is 4.79 Å². The lowest BCUT2D eigenvalue weighted by molar-refractivity contribution is 0.0923. The van der Waals surface area contributed by atoms with Crippen molar-refractivity contribution >= 4 is 28.8 Å². The highest BCUT2D eigenvalue weighted by Gasteiger charge is 2.07. The van der Waals surface area contributed by atoms with Crippen LogP contribution in [0.2, 0.25) is 4.34 Å². The first-order valence-corrected chi connectivity index (χ1v) is 5.51. The summed E-state index contributed by atoms with van der Waals surface area (Å²) in [5.41, 5.74) is 0. The second kappa shape index (κ2) is 4.51. The van der Waals surface area contributed by atoms with E-state index in [0.29, 0.717) is 12.3 Å². The maximum atomic E-state index is 11.5. The Labute approximate surface area is 95.7 Å². The van der Waals surface area contributed by atoms with Crippen LogP contribution in [0.3, 0.4) is 0 Å². The molecule has 78 valence electrons. The Bertz CT molecular complexity index is 450. The van der Waals surface area contributed by atoms with Crippen LogP contribution in [0.15, 0.2) is 34.9 Å². The molecule has 5 heteroatoms. The summed E-state index contributed by atoms with van der Waals surface area (Å²) < 4.78 is 5.67. The van der Waals surface area contributed by atoms with Crippen LogP contribution in [0.1, 0.15) is 15.4 Å². The monoisotopic (exact) mass is 241 g/mol. The minimum absolute atomic E-state index is 0.218. The van der Waals surface area contributed by atoms with Crippen molar-refractivity contribution in [1.82, 2.24) is 5.32 Å². The molecule has 1 N–H and O–H groups in total. The van der Waals surface area contributed by atoms with Gasteiger partial charge in [-0.25, -0.2) is 0 Å². The molecule has 0 atom stereocenters. The Morgan fingerprint density at radius 3 is 2.93 bits per heavy atom. The maximum absolute atomic E-state index is 11.5. The molecule has 0 fully saturated rings. The van der Waals surface area contributed by atoms with Crippen LogP contribution >= 0.6 is 22.9 Å². The van der Waals surface area contributed by atoms with Crippen LogP contribution in [-0.4, -0.2) is 5.91 Å². The first kappa shape index (κ1) is 10.3. The van der Waals surface area contributed by atoms with Crippen LogP contribution in [0.5, 0.6) is 0 Å². The fraction of sp³-hybridized carbons (Fsp3) is 0.100. The number of hydrogen-bond acceptors (Lipinski definition) is 3. The van der Waals surface area contributed by atoms with E-state index >= 15 is 0 Å². The van der Waals surface area contributed by atoms with Crippen molar-refractivity contribution < 1.29 is 9.21 Å². The quantitative estimate of drug-likeness (QED) is 0.898. The zero-order valence-corrected chi connectivity index (χ0v) is 9.27. The summed E-state index contributed by atoms with van der Waals surface area (Å²) in [5.74, 6) is 0.0992. The largest absolute Gasteiger partial charge is 0.459 e. The van der Waals surface area contributed by atoms with Gasteiger partial charge in [0.1, 0.15) is 0 Å². The van der Waals surface area contributed by atoms with E-state index in [0.717, 1.165) is 9.21 Å². The van der Waals surface area contributed by atoms with Gasteiger partial charge in [-0.15, -0.1) is 11.3 Å². The fourth-order valence-electron chi connectivity index (χ4n) is 1.11. The minimum atomic E-state index is -0.218. The number of carbonyl (C=O) groups excluding carboxylic acids is 1. The number of hydrogen-bond donors (Lipinski definition) is 1. The molecule has 0 aromatic carbocycles. The third-order valence-corrected chi connectivity index (χ3v) is 3.03. The lowest BCUT2D eigenvalue weighted by Gasteiger charge is -1.99. The van der Waals surface area contributed by atoms with Crippen molar-refractivity contribution in [2.75, 3.05) is 0 Å². The van der Waals surface area contributed by atoms with E-state index in [4.69, 9.17) is 16.0 Å². The topological polar surface area (TPSA) is 42.2 Å². The number of amides is 1. The molecule has 2 aromatic heterocycles. The predicted molar refractivity (Wildman–Crippen MR) is 59.2 cm³/mol. The van der Waals surface area contributed by atoms with Crippen molar-refractivity contribution in [1.29, 1.82) is 0 Å². The Morgan fingerprint density at radius 1 is 1.47 bits per heavy atom. The molecule has 0 aliphatic carbocycles. The molecule has 0 saturated heterocycles. The van der Waals surface area contributed by atoms with E-state index in [-0.39, 0.29) is 5.91 Å². The normalized spacial score (nSPS) is 10.2. The van der Waals surface area contributed by atoms with Crippen molar-refractivity contribution in [3.05, 3.63) is 45.5 Å². The number of carbonyl (C=O) groups is 1. The highest BCUT2D eigenvalue weighted by molar-refractivity contribution is 7.16. The molecule has 1 amide bonds. The molecule has 15 heavy (non-hydrogen) atoms. The summed E-state index contributed by atoms with van der Waals surface area (Å²) >= 11 is 7.21. The molecule has 2 rings (SSSR count). The molecule has 3 nitrogen and oxygen atoms in total. The first-order valence-electron chi connectivity index (χ1n) is 4.31. The Kier molecular flexibility index (Phi) is 3.08. The van der Waals surface area contributed by atoms with E-state index in [1.807, 2.05) is 6.07 Å². The van der Waals surface area contributed by atoms with Crippen molar-refractivity contribution in [3.8, 4) is 0 Å². The number of halogens is 1. The first-order chi connectivity index (χ1) is 7.25. The van der Waals surface area contributed by atoms with Gasteiger partial charge >= 0.3 is 0 Å². The fourth-order valence-corrected chi connectivity index (χ4v) is 2.14. The second-order valence-corrected chi connectivity index (χ2v) is 4.67. The molecular formula is C10H8ClNO2S. The third kappa shape index (κ3) is 2.61. The van der Waals surface area contributed by atoms with Crippen molar-refractivity contribution in [3.63, 3.8) is 0 Å². The molecular weight excluding hydrogens is 234 g/mol. The smallest absolute Gasteiger partial charge is 0.287 e. The number of furan rings is 1. The van der Waals surface area contributed by atoms with E-state index in [1.165, 1.54) is 17.6 Å². The molecule has 0 bridgehead atoms. The SMILES string of the molecule is O=C(NCc1ccc(Cl)s1)c1ccco1. The standard InChI is InChI=1S/C10H8ClNO2S/c11-9-4-3-7(15-9)6-12-10(13)8-2-1-5-14-8/h1-5H,6H2,(H,12,13).